The van der Waals surface area contributed by atoms with E-state index in [1.165, 1.54) is 13.0 Å². The van der Waals surface area contributed by atoms with E-state index < -0.39 is 35.9 Å². The first-order chi connectivity index (χ1) is 20.9. The topological polar surface area (TPSA) is 178 Å². The molecule has 1 aliphatic heterocycles. The second kappa shape index (κ2) is 16.0. The molecule has 3 atom stereocenters. The molecule has 4 amide bonds. The molecule has 1 unspecified atom stereocenters. The van der Waals surface area contributed by atoms with Crippen LogP contribution < -0.4 is 16.0 Å². The lowest BCUT2D eigenvalue weighted by Gasteiger charge is -2.34. The number of benzene rings is 1. The molecule has 1 saturated heterocycles. The molecule has 0 aliphatic carbocycles. The molecule has 3 rings (SSSR count). The number of aliphatic hydroxyl groups is 1. The largest absolute Gasteiger partial charge is 0.391 e. The predicted octanol–water partition coefficient (Wildman–Crippen LogP) is 2.65. The number of aliphatic hydroxyl groups excluding tert-OH is 1. The number of rotatable bonds is 12. The Morgan fingerprint density at radius 1 is 1.16 bits per heavy atom. The maximum Gasteiger partial charge on any atom is 0.290 e. The number of hydrogen-bond acceptors (Lipinski definition) is 8. The number of aryl methyl sites for hydroxylation is 1. The zero-order valence-electron chi connectivity index (χ0n) is 25.3. The van der Waals surface area contributed by atoms with Crippen LogP contribution in [-0.4, -0.2) is 70.1 Å². The number of piperidine rings is 1. The zero-order valence-corrected chi connectivity index (χ0v) is 26.1. The van der Waals surface area contributed by atoms with Gasteiger partial charge in [0.05, 0.1) is 11.8 Å². The van der Waals surface area contributed by atoms with Crippen LogP contribution in [0.25, 0.3) is 0 Å². The Bertz CT molecular complexity index is 1410. The second-order valence-corrected chi connectivity index (χ2v) is 11.7. The van der Waals surface area contributed by atoms with Crippen LogP contribution in [-0.2, 0) is 20.9 Å². The van der Waals surface area contributed by atoms with Gasteiger partial charge in [0.15, 0.2) is 0 Å². The summed E-state index contributed by atoms with van der Waals surface area (Å²) in [6, 6.07) is 8.03. The van der Waals surface area contributed by atoms with Crippen molar-refractivity contribution in [3.05, 3.63) is 64.0 Å². The summed E-state index contributed by atoms with van der Waals surface area (Å²) in [4.78, 5) is 53.9. The molecule has 2 heterocycles. The van der Waals surface area contributed by atoms with E-state index in [-0.39, 0.29) is 42.0 Å². The van der Waals surface area contributed by atoms with Gasteiger partial charge in [0.2, 0.25) is 17.6 Å². The van der Waals surface area contributed by atoms with Gasteiger partial charge >= 0.3 is 0 Å². The van der Waals surface area contributed by atoms with Crippen LogP contribution in [0.4, 0.5) is 0 Å². The smallest absolute Gasteiger partial charge is 0.290 e. The molecule has 4 N–H and O–H groups in total. The SMILES string of the molecule is Cc1cc(C(=O)N[C@H](C(=O)NC(CC2CCN(C(=O)C(C#N)=CC(C)C)CC2)C(=O)NCc2ccccc2Cl)[C@@H](C)O)on1. The van der Waals surface area contributed by atoms with E-state index in [4.69, 9.17) is 16.1 Å². The highest BCUT2D eigenvalue weighted by Gasteiger charge is 2.33. The van der Waals surface area contributed by atoms with Crippen molar-refractivity contribution in [2.24, 2.45) is 11.8 Å². The fraction of sp³-hybridized carbons (Fsp3) is 0.484. The number of allylic oxidation sites excluding steroid dienone is 1. The maximum atomic E-state index is 13.4. The molecule has 0 saturated carbocycles. The zero-order chi connectivity index (χ0) is 32.4. The summed E-state index contributed by atoms with van der Waals surface area (Å²) in [5.74, 6) is -2.40. The Kier molecular flexibility index (Phi) is 12.5. The number of halogens is 1. The second-order valence-electron chi connectivity index (χ2n) is 11.3. The monoisotopic (exact) mass is 626 g/mol. The van der Waals surface area contributed by atoms with E-state index in [0.29, 0.717) is 42.2 Å². The molecular weight excluding hydrogens is 588 g/mol. The number of aromatic nitrogens is 1. The molecule has 0 bridgehead atoms. The van der Waals surface area contributed by atoms with Crippen LogP contribution in [0.2, 0.25) is 5.02 Å². The standard InChI is InChI=1S/C31H39ClN6O6/c1-18(2)13-23(16-33)31(43)38-11-9-21(10-12-38)15-25(28(40)34-17-22-7-5-6-8-24(22)32)35-30(42)27(20(4)39)36-29(41)26-14-19(3)37-44-26/h5-8,13-14,18,20-21,25,27,39H,9-12,15,17H2,1-4H3,(H,34,40)(H,35,42)(H,36,41)/t20-,25?,27+/m1/s1. The number of nitriles is 1. The van der Waals surface area contributed by atoms with E-state index in [1.807, 2.05) is 19.9 Å². The Morgan fingerprint density at radius 3 is 2.41 bits per heavy atom. The highest BCUT2D eigenvalue weighted by atomic mass is 35.5. The third-order valence-corrected chi connectivity index (χ3v) is 7.64. The minimum absolute atomic E-state index is 0.0354. The third kappa shape index (κ3) is 9.65. The van der Waals surface area contributed by atoms with E-state index in [1.54, 1.807) is 42.2 Å². The Labute approximate surface area is 261 Å². The van der Waals surface area contributed by atoms with Gasteiger partial charge in [-0.1, -0.05) is 54.9 Å². The normalized spacial score (nSPS) is 16.0. The molecule has 1 aliphatic rings. The van der Waals surface area contributed by atoms with Crippen LogP contribution in [0.1, 0.15) is 61.8 Å². The average Bonchev–Trinajstić information content (AvgIpc) is 3.43. The van der Waals surface area contributed by atoms with Crippen molar-refractivity contribution in [3.63, 3.8) is 0 Å². The molecule has 0 spiro atoms. The molecule has 13 heteroatoms. The quantitative estimate of drug-likeness (QED) is 0.205. The number of nitrogens with one attached hydrogen (secondary N) is 3. The minimum atomic E-state index is -1.39. The lowest BCUT2D eigenvalue weighted by Crippen LogP contribution is -2.57. The van der Waals surface area contributed by atoms with Gasteiger partial charge < -0.3 is 30.5 Å². The Hall–Kier alpha value is -4.21. The highest BCUT2D eigenvalue weighted by molar-refractivity contribution is 6.31. The fourth-order valence-corrected chi connectivity index (χ4v) is 5.10. The van der Waals surface area contributed by atoms with E-state index in [2.05, 4.69) is 21.1 Å². The van der Waals surface area contributed by atoms with Crippen molar-refractivity contribution in [1.29, 1.82) is 5.26 Å². The highest BCUT2D eigenvalue weighted by Crippen LogP contribution is 2.24. The van der Waals surface area contributed by atoms with Gasteiger partial charge in [-0.15, -0.1) is 0 Å². The first-order valence-electron chi connectivity index (χ1n) is 14.5. The third-order valence-electron chi connectivity index (χ3n) is 7.27. The van der Waals surface area contributed by atoms with E-state index in [9.17, 15) is 29.5 Å². The molecule has 1 aromatic carbocycles. The van der Waals surface area contributed by atoms with Crippen LogP contribution in [0.5, 0.6) is 0 Å². The maximum absolute atomic E-state index is 13.4. The number of carbonyl (C=O) groups excluding carboxylic acids is 4. The molecule has 236 valence electrons. The van der Waals surface area contributed by atoms with Gasteiger partial charge in [0.25, 0.3) is 11.8 Å². The minimum Gasteiger partial charge on any atom is -0.391 e. The summed E-state index contributed by atoms with van der Waals surface area (Å²) in [5, 5.41) is 31.9. The van der Waals surface area contributed by atoms with Crippen molar-refractivity contribution in [2.75, 3.05) is 13.1 Å². The molecule has 2 aromatic rings. The van der Waals surface area contributed by atoms with Gasteiger partial charge in [-0.25, -0.2) is 0 Å². The first kappa shape index (κ1) is 34.3. The van der Waals surface area contributed by atoms with Gasteiger partial charge in [-0.05, 0) is 56.6 Å². The first-order valence-corrected chi connectivity index (χ1v) is 14.9. The summed E-state index contributed by atoms with van der Waals surface area (Å²) in [6.45, 7) is 7.68. The predicted molar refractivity (Wildman–Crippen MR) is 162 cm³/mol. The van der Waals surface area contributed by atoms with Crippen LogP contribution in [0, 0.1) is 30.1 Å². The van der Waals surface area contributed by atoms with Crippen molar-refractivity contribution in [3.8, 4) is 6.07 Å². The average molecular weight is 627 g/mol. The molecule has 44 heavy (non-hydrogen) atoms. The van der Waals surface area contributed by atoms with Crippen molar-refractivity contribution < 1.29 is 28.8 Å². The van der Waals surface area contributed by atoms with Gasteiger partial charge in [-0.3, -0.25) is 19.2 Å². The fourth-order valence-electron chi connectivity index (χ4n) is 4.89. The van der Waals surface area contributed by atoms with Crippen LogP contribution >= 0.6 is 11.6 Å². The van der Waals surface area contributed by atoms with Crippen LogP contribution in [0.15, 0.2) is 46.5 Å². The molecule has 12 nitrogen and oxygen atoms in total. The Balaban J connectivity index is 1.72. The lowest BCUT2D eigenvalue weighted by atomic mass is 9.89. The summed E-state index contributed by atoms with van der Waals surface area (Å²) in [6.07, 6.45) is 1.70. The molecule has 1 fully saturated rings. The van der Waals surface area contributed by atoms with E-state index >= 15 is 0 Å². The number of hydrogen-bond donors (Lipinski definition) is 4. The summed E-state index contributed by atoms with van der Waals surface area (Å²) >= 11 is 6.25. The van der Waals surface area contributed by atoms with Crippen molar-refractivity contribution in [2.45, 2.75) is 71.7 Å². The molecule has 0 radical (unpaired) electrons. The number of carbonyl (C=O) groups is 4. The molecule has 1 aromatic heterocycles. The van der Waals surface area contributed by atoms with Gasteiger partial charge in [0, 0.05) is 30.7 Å². The summed E-state index contributed by atoms with van der Waals surface area (Å²) in [5.41, 5.74) is 1.27. The van der Waals surface area contributed by atoms with Gasteiger partial charge in [-0.2, -0.15) is 5.26 Å². The van der Waals surface area contributed by atoms with Gasteiger partial charge in [0.1, 0.15) is 23.7 Å². The van der Waals surface area contributed by atoms with Crippen molar-refractivity contribution >= 4 is 35.2 Å². The number of likely N-dealkylation sites (tertiary alicyclic amines) is 1. The number of amides is 4. The number of nitrogens with zero attached hydrogens (tertiary/aromatic N) is 3. The summed E-state index contributed by atoms with van der Waals surface area (Å²) in [7, 11) is 0. The molecular formula is C31H39ClN6O6. The summed E-state index contributed by atoms with van der Waals surface area (Å²) < 4.78 is 4.96. The lowest BCUT2D eigenvalue weighted by molar-refractivity contribution is -0.132. The van der Waals surface area contributed by atoms with Crippen molar-refractivity contribution in [1.82, 2.24) is 26.0 Å². The van der Waals surface area contributed by atoms with Crippen LogP contribution in [0.3, 0.4) is 0 Å². The Morgan fingerprint density at radius 2 is 1.84 bits per heavy atom. The van der Waals surface area contributed by atoms with E-state index in [0.717, 1.165) is 0 Å².